The van der Waals surface area contributed by atoms with E-state index in [0.29, 0.717) is 11.4 Å². The molecule has 1 atom stereocenters. The standard InChI is InChI=1S/C18H23NO2S/c1-3-15-8-6-7-13-19(15)22(20,21)18-12-11-14(2)16-9-4-5-10-17(16)18/h4-5,9-12,15H,3,6-8,13H2,1-2H3/t15-/m0/s1. The minimum atomic E-state index is -3.43. The van der Waals surface area contributed by atoms with Crippen LogP contribution in [0.1, 0.15) is 38.2 Å². The van der Waals surface area contributed by atoms with Crippen LogP contribution in [0, 0.1) is 6.92 Å². The average molecular weight is 317 g/mol. The van der Waals surface area contributed by atoms with Gasteiger partial charge in [-0.15, -0.1) is 0 Å². The lowest BCUT2D eigenvalue weighted by Crippen LogP contribution is -2.43. The molecular weight excluding hydrogens is 294 g/mol. The van der Waals surface area contributed by atoms with Gasteiger partial charge in [-0.3, -0.25) is 0 Å². The summed E-state index contributed by atoms with van der Waals surface area (Å²) in [6.07, 6.45) is 3.93. The van der Waals surface area contributed by atoms with Crippen LogP contribution in [0.2, 0.25) is 0 Å². The highest BCUT2D eigenvalue weighted by molar-refractivity contribution is 7.89. The maximum absolute atomic E-state index is 13.2. The highest BCUT2D eigenvalue weighted by Crippen LogP contribution is 2.32. The maximum atomic E-state index is 13.2. The van der Waals surface area contributed by atoms with Crippen molar-refractivity contribution in [2.24, 2.45) is 0 Å². The molecule has 0 unspecified atom stereocenters. The van der Waals surface area contributed by atoms with Crippen LogP contribution < -0.4 is 0 Å². The molecule has 1 heterocycles. The summed E-state index contributed by atoms with van der Waals surface area (Å²) in [4.78, 5) is 0.453. The van der Waals surface area contributed by atoms with Gasteiger partial charge in [-0.25, -0.2) is 8.42 Å². The number of piperidine rings is 1. The fourth-order valence-corrected chi connectivity index (χ4v) is 5.44. The zero-order chi connectivity index (χ0) is 15.7. The van der Waals surface area contributed by atoms with E-state index in [1.807, 2.05) is 37.3 Å². The molecule has 0 spiro atoms. The first-order chi connectivity index (χ1) is 10.6. The Morgan fingerprint density at radius 3 is 2.55 bits per heavy atom. The highest BCUT2D eigenvalue weighted by Gasteiger charge is 2.33. The van der Waals surface area contributed by atoms with Crippen molar-refractivity contribution < 1.29 is 8.42 Å². The first-order valence-corrected chi connectivity index (χ1v) is 9.50. The van der Waals surface area contributed by atoms with Crippen molar-refractivity contribution in [1.82, 2.24) is 4.31 Å². The Labute approximate surface area is 133 Å². The van der Waals surface area contributed by atoms with Gasteiger partial charge >= 0.3 is 0 Å². The largest absolute Gasteiger partial charge is 0.243 e. The van der Waals surface area contributed by atoms with Gasteiger partial charge in [0.2, 0.25) is 10.0 Å². The van der Waals surface area contributed by atoms with Crippen molar-refractivity contribution in [2.45, 2.75) is 50.5 Å². The van der Waals surface area contributed by atoms with E-state index in [1.165, 1.54) is 0 Å². The minimum absolute atomic E-state index is 0.138. The molecule has 0 saturated carbocycles. The minimum Gasteiger partial charge on any atom is -0.207 e. The quantitative estimate of drug-likeness (QED) is 0.854. The summed E-state index contributed by atoms with van der Waals surface area (Å²) in [5.41, 5.74) is 1.11. The van der Waals surface area contributed by atoms with Crippen molar-refractivity contribution in [1.29, 1.82) is 0 Å². The van der Waals surface area contributed by atoms with Gasteiger partial charge in [0, 0.05) is 18.0 Å². The molecule has 1 aliphatic rings. The Morgan fingerprint density at radius 1 is 1.09 bits per heavy atom. The van der Waals surface area contributed by atoms with Crippen molar-refractivity contribution in [2.75, 3.05) is 6.54 Å². The van der Waals surface area contributed by atoms with Gasteiger partial charge in [0.1, 0.15) is 0 Å². The number of hydrogen-bond donors (Lipinski definition) is 0. The third-order valence-electron chi connectivity index (χ3n) is 4.73. The van der Waals surface area contributed by atoms with E-state index in [1.54, 1.807) is 10.4 Å². The summed E-state index contributed by atoms with van der Waals surface area (Å²) in [6, 6.07) is 11.6. The van der Waals surface area contributed by atoms with Crippen molar-refractivity contribution >= 4 is 20.8 Å². The Kier molecular flexibility index (Phi) is 4.24. The van der Waals surface area contributed by atoms with Gasteiger partial charge in [0.25, 0.3) is 0 Å². The molecular formula is C18H23NO2S. The average Bonchev–Trinajstić information content (AvgIpc) is 2.55. The monoisotopic (exact) mass is 317 g/mol. The summed E-state index contributed by atoms with van der Waals surface area (Å²) >= 11 is 0. The predicted molar refractivity (Wildman–Crippen MR) is 90.5 cm³/mol. The summed E-state index contributed by atoms with van der Waals surface area (Å²) in [7, 11) is -3.43. The lowest BCUT2D eigenvalue weighted by Gasteiger charge is -2.34. The second-order valence-electron chi connectivity index (χ2n) is 6.10. The number of fused-ring (bicyclic) bond motifs is 1. The van der Waals surface area contributed by atoms with E-state index >= 15 is 0 Å². The van der Waals surface area contributed by atoms with Gasteiger partial charge in [-0.2, -0.15) is 4.31 Å². The molecule has 0 aromatic heterocycles. The Hall–Kier alpha value is -1.39. The topological polar surface area (TPSA) is 37.4 Å². The first kappa shape index (κ1) is 15.5. The molecule has 1 saturated heterocycles. The normalized spacial score (nSPS) is 20.4. The van der Waals surface area contributed by atoms with Crippen LogP contribution in [0.4, 0.5) is 0 Å². The third kappa shape index (κ3) is 2.55. The molecule has 0 aliphatic carbocycles. The molecule has 22 heavy (non-hydrogen) atoms. The van der Waals surface area contributed by atoms with Gasteiger partial charge < -0.3 is 0 Å². The second-order valence-corrected chi connectivity index (χ2v) is 7.96. The van der Waals surface area contributed by atoms with Crippen LogP contribution in [0.15, 0.2) is 41.3 Å². The second kappa shape index (κ2) is 6.01. The van der Waals surface area contributed by atoms with Crippen LogP contribution in [-0.2, 0) is 10.0 Å². The molecule has 118 valence electrons. The Bertz CT molecular complexity index is 783. The van der Waals surface area contributed by atoms with E-state index in [0.717, 1.165) is 42.0 Å². The summed E-state index contributed by atoms with van der Waals surface area (Å²) in [5.74, 6) is 0. The van der Waals surface area contributed by atoms with Gasteiger partial charge in [-0.1, -0.05) is 43.7 Å². The summed E-state index contributed by atoms with van der Waals surface area (Å²) in [5, 5.41) is 1.86. The SMILES string of the molecule is CC[C@H]1CCCCN1S(=O)(=O)c1ccc(C)c2ccccc12. The molecule has 0 amide bonds. The molecule has 2 aromatic rings. The summed E-state index contributed by atoms with van der Waals surface area (Å²) in [6.45, 7) is 4.74. The molecule has 4 heteroatoms. The third-order valence-corrected chi connectivity index (χ3v) is 6.74. The van der Waals surface area contributed by atoms with E-state index in [2.05, 4.69) is 6.92 Å². The number of nitrogens with zero attached hydrogens (tertiary/aromatic N) is 1. The molecule has 1 aliphatic heterocycles. The zero-order valence-corrected chi connectivity index (χ0v) is 14.1. The number of aryl methyl sites for hydroxylation is 1. The molecule has 0 radical (unpaired) electrons. The van der Waals surface area contributed by atoms with E-state index < -0.39 is 10.0 Å². The smallest absolute Gasteiger partial charge is 0.207 e. The molecule has 0 N–H and O–H groups in total. The Balaban J connectivity index is 2.15. The lowest BCUT2D eigenvalue weighted by atomic mass is 10.0. The van der Waals surface area contributed by atoms with Crippen LogP contribution in [0.25, 0.3) is 10.8 Å². The lowest BCUT2D eigenvalue weighted by molar-refractivity contribution is 0.247. The van der Waals surface area contributed by atoms with E-state index in [-0.39, 0.29) is 6.04 Å². The first-order valence-electron chi connectivity index (χ1n) is 8.06. The van der Waals surface area contributed by atoms with Crippen LogP contribution in [-0.4, -0.2) is 25.3 Å². The highest BCUT2D eigenvalue weighted by atomic mass is 32.2. The fraction of sp³-hybridized carbons (Fsp3) is 0.444. The van der Waals surface area contributed by atoms with Crippen LogP contribution in [0.5, 0.6) is 0 Å². The molecule has 3 rings (SSSR count). The predicted octanol–water partition coefficient (Wildman–Crippen LogP) is 4.10. The molecule has 2 aromatic carbocycles. The number of hydrogen-bond acceptors (Lipinski definition) is 2. The number of sulfonamides is 1. The summed E-state index contributed by atoms with van der Waals surface area (Å²) < 4.78 is 28.1. The number of benzene rings is 2. The van der Waals surface area contributed by atoms with Crippen molar-refractivity contribution in [3.8, 4) is 0 Å². The van der Waals surface area contributed by atoms with Gasteiger partial charge in [0.15, 0.2) is 0 Å². The molecule has 1 fully saturated rings. The molecule has 3 nitrogen and oxygen atoms in total. The van der Waals surface area contributed by atoms with Gasteiger partial charge in [0.05, 0.1) is 4.90 Å². The van der Waals surface area contributed by atoms with E-state index in [4.69, 9.17) is 0 Å². The Morgan fingerprint density at radius 2 is 1.82 bits per heavy atom. The maximum Gasteiger partial charge on any atom is 0.243 e. The zero-order valence-electron chi connectivity index (χ0n) is 13.2. The van der Waals surface area contributed by atoms with Gasteiger partial charge in [-0.05, 0) is 43.2 Å². The van der Waals surface area contributed by atoms with Crippen LogP contribution in [0.3, 0.4) is 0 Å². The van der Waals surface area contributed by atoms with Crippen molar-refractivity contribution in [3.63, 3.8) is 0 Å². The van der Waals surface area contributed by atoms with Crippen molar-refractivity contribution in [3.05, 3.63) is 42.0 Å². The number of rotatable bonds is 3. The fourth-order valence-electron chi connectivity index (χ4n) is 3.47. The van der Waals surface area contributed by atoms with Crippen LogP contribution >= 0.6 is 0 Å². The molecule has 0 bridgehead atoms. The van der Waals surface area contributed by atoms with E-state index in [9.17, 15) is 8.42 Å².